The molecule has 1 saturated heterocycles. The van der Waals surface area contributed by atoms with Gasteiger partial charge in [0.25, 0.3) is 5.91 Å². The number of nitrogens with zero attached hydrogens (tertiary/aromatic N) is 2. The van der Waals surface area contributed by atoms with Gasteiger partial charge in [0.05, 0.1) is 0 Å². The predicted octanol–water partition coefficient (Wildman–Crippen LogP) is 3.33. The lowest BCUT2D eigenvalue weighted by molar-refractivity contribution is -0.123. The highest BCUT2D eigenvalue weighted by atomic mass is 16.5. The summed E-state index contributed by atoms with van der Waals surface area (Å²) in [6.07, 6.45) is 1.98. The molecule has 0 unspecified atom stereocenters. The van der Waals surface area contributed by atoms with Crippen LogP contribution in [0.25, 0.3) is 22.9 Å². The minimum Gasteiger partial charge on any atom is -0.484 e. The van der Waals surface area contributed by atoms with Crippen LogP contribution in [0.1, 0.15) is 12.8 Å². The van der Waals surface area contributed by atoms with Crippen LogP contribution in [-0.4, -0.2) is 42.5 Å². The third kappa shape index (κ3) is 5.20. The summed E-state index contributed by atoms with van der Waals surface area (Å²) in [5.74, 6) is 1.89. The molecule has 0 aliphatic carbocycles. The highest BCUT2D eigenvalue weighted by molar-refractivity contribution is 5.77. The van der Waals surface area contributed by atoms with Crippen LogP contribution in [0.5, 0.6) is 5.75 Å². The van der Waals surface area contributed by atoms with Crippen LogP contribution in [0.3, 0.4) is 0 Å². The maximum Gasteiger partial charge on any atom is 0.257 e. The first-order valence-electron chi connectivity index (χ1n) is 9.74. The largest absolute Gasteiger partial charge is 0.484 e. The molecule has 0 spiro atoms. The summed E-state index contributed by atoms with van der Waals surface area (Å²) in [4.78, 5) is 12.0. The topological polar surface area (TPSA) is 86.5 Å². The van der Waals surface area contributed by atoms with E-state index in [9.17, 15) is 4.79 Å². The van der Waals surface area contributed by atoms with E-state index < -0.39 is 0 Å². The van der Waals surface area contributed by atoms with E-state index in [-0.39, 0.29) is 12.5 Å². The maximum atomic E-state index is 12.0. The number of carbonyl (C=O) groups excluding carboxylic acids is 1. The Morgan fingerprint density at radius 2 is 1.62 bits per heavy atom. The Labute approximate surface area is 169 Å². The Balaban J connectivity index is 1.28. The van der Waals surface area contributed by atoms with Crippen LogP contribution in [0.4, 0.5) is 0 Å². The molecule has 1 fully saturated rings. The van der Waals surface area contributed by atoms with E-state index >= 15 is 0 Å². The second-order valence-corrected chi connectivity index (χ2v) is 6.95. The van der Waals surface area contributed by atoms with E-state index in [2.05, 4.69) is 15.5 Å². The second-order valence-electron chi connectivity index (χ2n) is 6.95. The summed E-state index contributed by atoms with van der Waals surface area (Å²) < 4.78 is 16.6. The normalized spacial score (nSPS) is 14.5. The fourth-order valence-corrected chi connectivity index (χ4v) is 3.14. The van der Waals surface area contributed by atoms with Crippen molar-refractivity contribution in [2.24, 2.45) is 5.92 Å². The van der Waals surface area contributed by atoms with Gasteiger partial charge in [-0.15, -0.1) is 10.2 Å². The van der Waals surface area contributed by atoms with Gasteiger partial charge < -0.3 is 19.2 Å². The number of amides is 1. The summed E-state index contributed by atoms with van der Waals surface area (Å²) in [6, 6.07) is 16.8. The van der Waals surface area contributed by atoms with Gasteiger partial charge >= 0.3 is 0 Å². The van der Waals surface area contributed by atoms with E-state index in [1.807, 2.05) is 42.5 Å². The van der Waals surface area contributed by atoms with Gasteiger partial charge in [-0.1, -0.05) is 18.2 Å². The smallest absolute Gasteiger partial charge is 0.257 e. The minimum absolute atomic E-state index is 0.0126. The number of carbonyl (C=O) groups is 1. The molecule has 150 valence electrons. The Morgan fingerprint density at radius 1 is 0.966 bits per heavy atom. The maximum absolute atomic E-state index is 12.0. The van der Waals surface area contributed by atoms with Gasteiger partial charge in [-0.25, -0.2) is 0 Å². The Hall–Kier alpha value is -3.19. The van der Waals surface area contributed by atoms with Crippen molar-refractivity contribution in [3.63, 3.8) is 0 Å². The number of hydrogen-bond donors (Lipinski definition) is 1. The zero-order valence-electron chi connectivity index (χ0n) is 16.0. The van der Waals surface area contributed by atoms with Crippen LogP contribution in [-0.2, 0) is 9.53 Å². The molecule has 7 heteroatoms. The fraction of sp³-hybridized carbons (Fsp3) is 0.318. The number of ether oxygens (including phenoxy) is 2. The van der Waals surface area contributed by atoms with Crippen LogP contribution in [0.2, 0.25) is 0 Å². The minimum atomic E-state index is -0.120. The van der Waals surface area contributed by atoms with Crippen LogP contribution in [0.15, 0.2) is 59.0 Å². The van der Waals surface area contributed by atoms with Crippen molar-refractivity contribution in [3.8, 4) is 28.7 Å². The lowest BCUT2D eigenvalue weighted by atomic mass is 10.0. The van der Waals surface area contributed by atoms with Crippen molar-refractivity contribution in [2.45, 2.75) is 12.8 Å². The molecule has 0 saturated carbocycles. The molecule has 1 aromatic heterocycles. The lowest BCUT2D eigenvalue weighted by Gasteiger charge is -2.22. The van der Waals surface area contributed by atoms with Crippen molar-refractivity contribution < 1.29 is 18.7 Å². The van der Waals surface area contributed by atoms with Crippen molar-refractivity contribution in [3.05, 3.63) is 54.6 Å². The average molecular weight is 393 g/mol. The van der Waals surface area contributed by atoms with Gasteiger partial charge in [-0.05, 0) is 55.2 Å². The molecule has 3 aromatic rings. The van der Waals surface area contributed by atoms with E-state index in [0.717, 1.165) is 37.2 Å². The SMILES string of the molecule is O=C(COc1ccc(-c2nnc(-c3ccccc3)o2)cc1)NCC1CCOCC1. The molecule has 2 heterocycles. The van der Waals surface area contributed by atoms with E-state index in [0.29, 0.717) is 30.0 Å². The molecule has 7 nitrogen and oxygen atoms in total. The van der Waals surface area contributed by atoms with E-state index in [1.54, 1.807) is 12.1 Å². The molecule has 1 amide bonds. The van der Waals surface area contributed by atoms with Crippen molar-refractivity contribution in [1.29, 1.82) is 0 Å². The number of aromatic nitrogens is 2. The average Bonchev–Trinajstić information content (AvgIpc) is 3.28. The molecule has 0 bridgehead atoms. The van der Waals surface area contributed by atoms with Crippen molar-refractivity contribution in [1.82, 2.24) is 15.5 Å². The number of benzene rings is 2. The van der Waals surface area contributed by atoms with Gasteiger partial charge in [0, 0.05) is 30.9 Å². The first-order valence-corrected chi connectivity index (χ1v) is 9.74. The van der Waals surface area contributed by atoms with Gasteiger partial charge in [0.15, 0.2) is 6.61 Å². The summed E-state index contributed by atoms with van der Waals surface area (Å²) in [5, 5.41) is 11.1. The fourth-order valence-electron chi connectivity index (χ4n) is 3.14. The molecule has 4 rings (SSSR count). The third-order valence-electron chi connectivity index (χ3n) is 4.85. The van der Waals surface area contributed by atoms with Gasteiger partial charge in [-0.3, -0.25) is 4.79 Å². The molecular weight excluding hydrogens is 370 g/mol. The number of nitrogens with one attached hydrogen (secondary N) is 1. The third-order valence-corrected chi connectivity index (χ3v) is 4.85. The van der Waals surface area contributed by atoms with Crippen molar-refractivity contribution in [2.75, 3.05) is 26.4 Å². The highest BCUT2D eigenvalue weighted by Gasteiger charge is 2.15. The van der Waals surface area contributed by atoms with Gasteiger partial charge in [0.1, 0.15) is 5.75 Å². The van der Waals surface area contributed by atoms with E-state index in [4.69, 9.17) is 13.9 Å². The molecule has 29 heavy (non-hydrogen) atoms. The molecule has 2 aromatic carbocycles. The molecule has 0 atom stereocenters. The van der Waals surface area contributed by atoms with Crippen LogP contribution < -0.4 is 10.1 Å². The zero-order chi connectivity index (χ0) is 19.9. The predicted molar refractivity (Wildman–Crippen MR) is 107 cm³/mol. The Bertz CT molecular complexity index is 919. The monoisotopic (exact) mass is 393 g/mol. The summed E-state index contributed by atoms with van der Waals surface area (Å²) >= 11 is 0. The summed E-state index contributed by atoms with van der Waals surface area (Å²) in [6.45, 7) is 2.21. The summed E-state index contributed by atoms with van der Waals surface area (Å²) in [5.41, 5.74) is 1.66. The van der Waals surface area contributed by atoms with Crippen LogP contribution >= 0.6 is 0 Å². The zero-order valence-corrected chi connectivity index (χ0v) is 16.0. The first-order chi connectivity index (χ1) is 14.3. The second kappa shape index (κ2) is 9.34. The van der Waals surface area contributed by atoms with Gasteiger partial charge in [-0.2, -0.15) is 0 Å². The molecule has 1 N–H and O–H groups in total. The molecule has 1 aliphatic rings. The van der Waals surface area contributed by atoms with Crippen LogP contribution in [0, 0.1) is 5.92 Å². The molecule has 1 aliphatic heterocycles. The number of rotatable bonds is 7. The Kier molecular flexibility index (Phi) is 6.16. The summed E-state index contributed by atoms with van der Waals surface area (Å²) in [7, 11) is 0. The number of hydrogen-bond acceptors (Lipinski definition) is 6. The van der Waals surface area contributed by atoms with Gasteiger partial charge in [0.2, 0.25) is 11.8 Å². The Morgan fingerprint density at radius 3 is 2.31 bits per heavy atom. The highest BCUT2D eigenvalue weighted by Crippen LogP contribution is 2.25. The first kappa shape index (κ1) is 19.1. The molecule has 0 radical (unpaired) electrons. The standard InChI is InChI=1S/C22H23N3O4/c26-20(23-14-16-10-12-27-13-11-16)15-28-19-8-6-18(7-9-19)22-25-24-21(29-22)17-4-2-1-3-5-17/h1-9,16H,10-15H2,(H,23,26). The lowest BCUT2D eigenvalue weighted by Crippen LogP contribution is -2.35. The quantitative estimate of drug-likeness (QED) is 0.663. The van der Waals surface area contributed by atoms with E-state index in [1.165, 1.54) is 0 Å². The van der Waals surface area contributed by atoms with Crippen molar-refractivity contribution >= 4 is 5.91 Å². The molecular formula is C22H23N3O4.